The number of nitrogens with zero attached hydrogens (tertiary/aromatic N) is 2. The summed E-state index contributed by atoms with van der Waals surface area (Å²) < 4.78 is 34.3. The van der Waals surface area contributed by atoms with E-state index in [4.69, 9.17) is 4.74 Å². The number of rotatable bonds is 11. The monoisotopic (exact) mass is 565 g/mol. The van der Waals surface area contributed by atoms with Crippen LogP contribution in [0.1, 0.15) is 45.7 Å². The van der Waals surface area contributed by atoms with Crippen LogP contribution in [0, 0.1) is 6.92 Å². The maximum Gasteiger partial charge on any atom is 0.264 e. The normalized spacial score (nSPS) is 12.3. The summed E-state index contributed by atoms with van der Waals surface area (Å²) in [5.74, 6) is -0.248. The van der Waals surface area contributed by atoms with E-state index in [-0.39, 0.29) is 17.3 Å². The van der Waals surface area contributed by atoms with Crippen molar-refractivity contribution < 1.29 is 22.7 Å². The van der Waals surface area contributed by atoms with Crippen LogP contribution in [0.3, 0.4) is 0 Å². The third-order valence-electron chi connectivity index (χ3n) is 6.15. The molecule has 0 aliphatic heterocycles. The molecule has 0 saturated heterocycles. The third kappa shape index (κ3) is 8.08. The number of amides is 2. The smallest absolute Gasteiger partial charge is 0.264 e. The van der Waals surface area contributed by atoms with Gasteiger partial charge < -0.3 is 15.0 Å². The van der Waals surface area contributed by atoms with Crippen LogP contribution in [-0.2, 0) is 26.2 Å². The van der Waals surface area contributed by atoms with E-state index in [1.54, 1.807) is 49.4 Å². The van der Waals surface area contributed by atoms with Gasteiger partial charge in [-0.2, -0.15) is 0 Å². The molecule has 9 heteroatoms. The summed E-state index contributed by atoms with van der Waals surface area (Å²) in [4.78, 5) is 28.7. The number of hydrogen-bond donors (Lipinski definition) is 1. The summed E-state index contributed by atoms with van der Waals surface area (Å²) >= 11 is 0. The molecule has 0 heterocycles. The first-order valence-electron chi connectivity index (χ1n) is 13.3. The van der Waals surface area contributed by atoms with E-state index < -0.39 is 34.1 Å². The lowest BCUT2D eigenvalue weighted by atomic mass is 10.1. The van der Waals surface area contributed by atoms with Gasteiger partial charge in [0.25, 0.3) is 10.0 Å². The number of benzene rings is 3. The lowest BCUT2D eigenvalue weighted by Gasteiger charge is -2.33. The number of ether oxygens (including phenoxy) is 1. The second kappa shape index (κ2) is 13.0. The fourth-order valence-electron chi connectivity index (χ4n) is 4.19. The number of sulfonamides is 1. The minimum absolute atomic E-state index is 0.0560. The van der Waals surface area contributed by atoms with E-state index in [1.165, 1.54) is 17.0 Å². The Balaban J connectivity index is 2.03. The van der Waals surface area contributed by atoms with Crippen molar-refractivity contribution in [3.05, 3.63) is 90.0 Å². The molecule has 1 N–H and O–H groups in total. The second-order valence-electron chi connectivity index (χ2n) is 10.7. The van der Waals surface area contributed by atoms with Gasteiger partial charge in [0.15, 0.2) is 0 Å². The first-order chi connectivity index (χ1) is 18.8. The van der Waals surface area contributed by atoms with E-state index in [1.807, 2.05) is 58.9 Å². The van der Waals surface area contributed by atoms with E-state index >= 15 is 0 Å². The van der Waals surface area contributed by atoms with Crippen LogP contribution >= 0.6 is 0 Å². The van der Waals surface area contributed by atoms with Gasteiger partial charge in [-0.05, 0) is 83.5 Å². The Labute approximate surface area is 238 Å². The van der Waals surface area contributed by atoms with Gasteiger partial charge in [-0.25, -0.2) is 8.42 Å². The fourth-order valence-corrected chi connectivity index (χ4v) is 5.62. The molecule has 0 fully saturated rings. The summed E-state index contributed by atoms with van der Waals surface area (Å²) in [6.45, 7) is 11.2. The number of anilines is 1. The van der Waals surface area contributed by atoms with Crippen molar-refractivity contribution >= 4 is 27.5 Å². The molecular weight excluding hydrogens is 526 g/mol. The summed E-state index contributed by atoms with van der Waals surface area (Å²) in [5, 5.41) is 2.93. The molecule has 1 atom stereocenters. The Morgan fingerprint density at radius 1 is 0.950 bits per heavy atom. The maximum atomic E-state index is 14.0. The highest BCUT2D eigenvalue weighted by molar-refractivity contribution is 7.92. The Bertz CT molecular complexity index is 1400. The molecule has 3 aromatic rings. The van der Waals surface area contributed by atoms with Crippen LogP contribution < -0.4 is 14.4 Å². The van der Waals surface area contributed by atoms with Crippen LogP contribution in [0.15, 0.2) is 83.8 Å². The van der Waals surface area contributed by atoms with Crippen molar-refractivity contribution in [2.24, 2.45) is 0 Å². The molecule has 214 valence electrons. The molecule has 3 aromatic carbocycles. The van der Waals surface area contributed by atoms with Gasteiger partial charge in [0.05, 0.1) is 17.2 Å². The summed E-state index contributed by atoms with van der Waals surface area (Å²) in [7, 11) is -4.12. The highest BCUT2D eigenvalue weighted by Gasteiger charge is 2.33. The standard InChI is InChI=1S/C31H39N3O5S/c1-7-39-27-18-16-26(17-19-27)34(40(37,38)28-14-9-8-10-15-28)22-29(35)33(21-25-13-11-12-23(2)20-25)24(3)30(36)32-31(4,5)6/h8-20,24H,7,21-22H2,1-6H3,(H,32,36). The molecule has 40 heavy (non-hydrogen) atoms. The van der Waals surface area contributed by atoms with Crippen molar-refractivity contribution in [3.63, 3.8) is 0 Å². The highest BCUT2D eigenvalue weighted by atomic mass is 32.2. The first-order valence-corrected chi connectivity index (χ1v) is 14.7. The zero-order valence-corrected chi connectivity index (χ0v) is 24.9. The molecule has 0 spiro atoms. The zero-order valence-electron chi connectivity index (χ0n) is 24.0. The van der Waals surface area contributed by atoms with E-state index in [9.17, 15) is 18.0 Å². The molecule has 0 aliphatic rings. The number of hydrogen-bond acceptors (Lipinski definition) is 5. The molecule has 0 saturated carbocycles. The van der Waals surface area contributed by atoms with E-state index in [2.05, 4.69) is 5.32 Å². The highest BCUT2D eigenvalue weighted by Crippen LogP contribution is 2.26. The van der Waals surface area contributed by atoms with E-state index in [0.717, 1.165) is 15.4 Å². The van der Waals surface area contributed by atoms with Crippen molar-refractivity contribution in [2.75, 3.05) is 17.5 Å². The lowest BCUT2D eigenvalue weighted by Crippen LogP contribution is -2.54. The van der Waals surface area contributed by atoms with Crippen LogP contribution in [0.5, 0.6) is 5.75 Å². The van der Waals surface area contributed by atoms with Gasteiger partial charge >= 0.3 is 0 Å². The Morgan fingerprint density at radius 3 is 2.17 bits per heavy atom. The molecule has 0 radical (unpaired) electrons. The van der Waals surface area contributed by atoms with Crippen molar-refractivity contribution in [3.8, 4) is 5.75 Å². The van der Waals surface area contributed by atoms with Gasteiger partial charge in [-0.3, -0.25) is 13.9 Å². The van der Waals surface area contributed by atoms with Gasteiger partial charge in [0.1, 0.15) is 18.3 Å². The van der Waals surface area contributed by atoms with Crippen LogP contribution in [0.4, 0.5) is 5.69 Å². The largest absolute Gasteiger partial charge is 0.494 e. The van der Waals surface area contributed by atoms with Gasteiger partial charge in [-0.15, -0.1) is 0 Å². The van der Waals surface area contributed by atoms with Gasteiger partial charge in [0, 0.05) is 12.1 Å². The Kier molecular flexibility index (Phi) is 9.98. The molecular formula is C31H39N3O5S. The number of carbonyl (C=O) groups is 2. The number of aryl methyl sites for hydroxylation is 1. The third-order valence-corrected chi connectivity index (χ3v) is 7.93. The van der Waals surface area contributed by atoms with Crippen LogP contribution in [0.25, 0.3) is 0 Å². The fraction of sp³-hybridized carbons (Fsp3) is 0.355. The maximum absolute atomic E-state index is 14.0. The van der Waals surface area contributed by atoms with Crippen LogP contribution in [0.2, 0.25) is 0 Å². The minimum atomic E-state index is -4.12. The van der Waals surface area contributed by atoms with E-state index in [0.29, 0.717) is 18.0 Å². The average molecular weight is 566 g/mol. The molecule has 8 nitrogen and oxygen atoms in total. The Morgan fingerprint density at radius 2 is 1.60 bits per heavy atom. The number of carbonyl (C=O) groups excluding carboxylic acids is 2. The van der Waals surface area contributed by atoms with Gasteiger partial charge in [-0.1, -0.05) is 48.0 Å². The number of nitrogens with one attached hydrogen (secondary N) is 1. The topological polar surface area (TPSA) is 96.0 Å². The van der Waals surface area contributed by atoms with Gasteiger partial charge in [0.2, 0.25) is 11.8 Å². The predicted octanol–water partition coefficient (Wildman–Crippen LogP) is 4.92. The average Bonchev–Trinajstić information content (AvgIpc) is 2.90. The predicted molar refractivity (Wildman–Crippen MR) is 158 cm³/mol. The zero-order chi connectivity index (χ0) is 29.5. The molecule has 1 unspecified atom stereocenters. The summed E-state index contributed by atoms with van der Waals surface area (Å²) in [5.41, 5.74) is 1.65. The SMILES string of the molecule is CCOc1ccc(N(CC(=O)N(Cc2cccc(C)c2)C(C)C(=O)NC(C)(C)C)S(=O)(=O)c2ccccc2)cc1. The summed E-state index contributed by atoms with van der Waals surface area (Å²) in [6, 6.07) is 21.3. The molecule has 0 aromatic heterocycles. The quantitative estimate of drug-likeness (QED) is 0.356. The molecule has 3 rings (SSSR count). The van der Waals surface area contributed by atoms with Crippen LogP contribution in [-0.4, -0.2) is 49.9 Å². The Hall–Kier alpha value is -3.85. The summed E-state index contributed by atoms with van der Waals surface area (Å²) in [6.07, 6.45) is 0. The van der Waals surface area contributed by atoms with Crippen molar-refractivity contribution in [1.29, 1.82) is 0 Å². The molecule has 0 aliphatic carbocycles. The van der Waals surface area contributed by atoms with Crippen molar-refractivity contribution in [2.45, 2.75) is 64.6 Å². The molecule has 2 amide bonds. The molecule has 0 bridgehead atoms. The second-order valence-corrected chi connectivity index (χ2v) is 12.5. The lowest BCUT2D eigenvalue weighted by molar-refractivity contribution is -0.140. The first kappa shape index (κ1) is 30.7. The minimum Gasteiger partial charge on any atom is -0.494 e. The van der Waals surface area contributed by atoms with Crippen molar-refractivity contribution in [1.82, 2.24) is 10.2 Å².